The number of nitrogens with zero attached hydrogens (tertiary/aromatic N) is 2. The quantitative estimate of drug-likeness (QED) is 0.338. The fourth-order valence-electron chi connectivity index (χ4n) is 5.81. The number of carboxylic acids is 1. The first-order valence-corrected chi connectivity index (χ1v) is 14.0. The van der Waals surface area contributed by atoms with Crippen molar-refractivity contribution in [2.24, 2.45) is 11.3 Å². The Labute approximate surface area is 240 Å². The van der Waals surface area contributed by atoms with Crippen molar-refractivity contribution in [2.45, 2.75) is 57.5 Å². The van der Waals surface area contributed by atoms with Gasteiger partial charge in [0.1, 0.15) is 0 Å². The number of aromatic nitrogens is 1. The number of anilines is 1. The number of amides is 2. The van der Waals surface area contributed by atoms with E-state index in [1.54, 1.807) is 49.4 Å². The number of carbonyl (C=O) groups is 3. The van der Waals surface area contributed by atoms with E-state index in [1.165, 1.54) is 0 Å². The van der Waals surface area contributed by atoms with Crippen LogP contribution < -0.4 is 5.32 Å². The maximum absolute atomic E-state index is 13.6. The first kappa shape index (κ1) is 29.3. The Hall–Kier alpha value is -4.15. The topological polar surface area (TPSA) is 113 Å². The number of benzene rings is 2. The van der Waals surface area contributed by atoms with E-state index in [2.05, 4.69) is 10.3 Å². The van der Waals surface area contributed by atoms with Gasteiger partial charge in [-0.2, -0.15) is 13.2 Å². The molecular formula is C31H32F3N3O5. The summed E-state index contributed by atoms with van der Waals surface area (Å²) >= 11 is 0. The molecule has 8 nitrogen and oxygen atoms in total. The third-order valence-corrected chi connectivity index (χ3v) is 8.52. The third-order valence-electron chi connectivity index (χ3n) is 8.52. The number of nitrogens with one attached hydrogen (secondary N) is 1. The summed E-state index contributed by atoms with van der Waals surface area (Å²) in [5.41, 5.74) is 0.0566. The molecule has 1 aliphatic carbocycles. The minimum atomic E-state index is -4.90. The van der Waals surface area contributed by atoms with Gasteiger partial charge >= 0.3 is 12.1 Å². The largest absolute Gasteiger partial charge is 0.481 e. The van der Waals surface area contributed by atoms with Gasteiger partial charge in [-0.05, 0) is 81.2 Å². The van der Waals surface area contributed by atoms with Crippen LogP contribution in [-0.2, 0) is 15.8 Å². The second-order valence-corrected chi connectivity index (χ2v) is 11.4. The number of likely N-dealkylation sites (tertiary alicyclic amines) is 1. The van der Waals surface area contributed by atoms with Gasteiger partial charge in [-0.25, -0.2) is 4.98 Å². The molecule has 2 aliphatic rings. The van der Waals surface area contributed by atoms with E-state index in [0.717, 1.165) is 18.4 Å². The number of carboxylic acid groups (broad SMARTS) is 1. The van der Waals surface area contributed by atoms with Crippen molar-refractivity contribution in [3.63, 3.8) is 0 Å². The summed E-state index contributed by atoms with van der Waals surface area (Å²) < 4.78 is 45.8. The van der Waals surface area contributed by atoms with Crippen LogP contribution in [0.3, 0.4) is 0 Å². The predicted molar refractivity (Wildman–Crippen MR) is 148 cm³/mol. The van der Waals surface area contributed by atoms with Gasteiger partial charge in [-0.3, -0.25) is 14.4 Å². The van der Waals surface area contributed by atoms with Crippen molar-refractivity contribution in [3.05, 3.63) is 71.6 Å². The summed E-state index contributed by atoms with van der Waals surface area (Å²) in [7, 11) is 0. The molecule has 2 amide bonds. The highest BCUT2D eigenvalue weighted by Gasteiger charge is 2.42. The van der Waals surface area contributed by atoms with E-state index < -0.39 is 34.9 Å². The molecule has 0 atom stereocenters. The van der Waals surface area contributed by atoms with Crippen molar-refractivity contribution >= 4 is 23.5 Å². The normalized spacial score (nSPS) is 21.6. The molecule has 1 saturated heterocycles. The average molecular weight is 584 g/mol. The first-order valence-electron chi connectivity index (χ1n) is 14.0. The Morgan fingerprint density at radius 2 is 1.60 bits per heavy atom. The number of alkyl halides is 3. The van der Waals surface area contributed by atoms with Gasteiger partial charge in [0.05, 0.1) is 5.41 Å². The van der Waals surface area contributed by atoms with Crippen LogP contribution in [-0.4, -0.2) is 45.9 Å². The number of oxazole rings is 1. The van der Waals surface area contributed by atoms with Gasteiger partial charge < -0.3 is 19.7 Å². The number of piperidine rings is 1. The summed E-state index contributed by atoms with van der Waals surface area (Å²) in [6.07, 6.45) is -1.22. The Morgan fingerprint density at radius 1 is 0.976 bits per heavy atom. The molecule has 3 aromatic rings. The van der Waals surface area contributed by atoms with Gasteiger partial charge in [0.2, 0.25) is 17.6 Å². The molecule has 0 radical (unpaired) electrons. The van der Waals surface area contributed by atoms with Gasteiger partial charge in [-0.15, -0.1) is 0 Å². The highest BCUT2D eigenvalue weighted by molar-refractivity contribution is 6.04. The molecular weight excluding hydrogens is 551 g/mol. The number of aliphatic carboxylic acids is 1. The molecule has 1 saturated carbocycles. The molecule has 0 unspecified atom stereocenters. The summed E-state index contributed by atoms with van der Waals surface area (Å²) in [6.45, 7) is 2.95. The molecule has 0 bridgehead atoms. The van der Waals surface area contributed by atoms with Crippen LogP contribution in [0.5, 0.6) is 0 Å². The van der Waals surface area contributed by atoms with Crippen LogP contribution >= 0.6 is 0 Å². The van der Waals surface area contributed by atoms with Crippen LogP contribution in [0.4, 0.5) is 18.9 Å². The Morgan fingerprint density at radius 3 is 2.17 bits per heavy atom. The van der Waals surface area contributed by atoms with Gasteiger partial charge in [0.15, 0.2) is 5.69 Å². The van der Waals surface area contributed by atoms with Crippen molar-refractivity contribution < 1.29 is 37.1 Å². The second kappa shape index (κ2) is 11.6. The standard InChI is InChI=1S/C31H32F3N3O5/c1-30(29(40)41)15-11-22(12-16-30)28(39)37-17-13-20(14-18-37)19-7-9-23(10-8-19)35-26(38)24-25(31(32,33)34)42-27(36-24)21-5-3-2-4-6-21/h2-10,20,22H,11-18H2,1H3,(H,35,38)(H,40,41). The zero-order valence-electron chi connectivity index (χ0n) is 23.1. The fourth-order valence-corrected chi connectivity index (χ4v) is 5.81. The van der Waals surface area contributed by atoms with Gasteiger partial charge in [-0.1, -0.05) is 30.3 Å². The lowest BCUT2D eigenvalue weighted by molar-refractivity contribution is -0.153. The molecule has 2 aromatic carbocycles. The minimum absolute atomic E-state index is 0.0976. The molecule has 2 N–H and O–H groups in total. The fraction of sp³-hybridized carbons (Fsp3) is 0.419. The third kappa shape index (κ3) is 6.19. The van der Waals surface area contributed by atoms with E-state index in [1.807, 2.05) is 17.0 Å². The zero-order valence-corrected chi connectivity index (χ0v) is 23.1. The number of halogens is 3. The SMILES string of the molecule is CC1(C(=O)O)CCC(C(=O)N2CCC(c3ccc(NC(=O)c4nc(-c5ccccc5)oc4C(F)(F)F)cc3)CC2)CC1. The lowest BCUT2D eigenvalue weighted by Crippen LogP contribution is -2.44. The summed E-state index contributed by atoms with van der Waals surface area (Å²) in [5.74, 6) is -3.43. The summed E-state index contributed by atoms with van der Waals surface area (Å²) in [5, 5.41) is 11.9. The van der Waals surface area contributed by atoms with E-state index >= 15 is 0 Å². The van der Waals surface area contributed by atoms with E-state index in [4.69, 9.17) is 4.42 Å². The number of hydrogen-bond acceptors (Lipinski definition) is 5. The average Bonchev–Trinajstić information content (AvgIpc) is 3.45. The molecule has 2 heterocycles. The molecule has 5 rings (SSSR count). The van der Waals surface area contributed by atoms with Gasteiger partial charge in [0.25, 0.3) is 5.91 Å². The zero-order chi connectivity index (χ0) is 30.1. The van der Waals surface area contributed by atoms with Crippen LogP contribution in [0.15, 0.2) is 59.0 Å². The maximum Gasteiger partial charge on any atom is 0.452 e. The lowest BCUT2D eigenvalue weighted by Gasteiger charge is -2.38. The highest BCUT2D eigenvalue weighted by atomic mass is 19.4. The lowest BCUT2D eigenvalue weighted by atomic mass is 9.71. The van der Waals surface area contributed by atoms with Crippen molar-refractivity contribution in [1.82, 2.24) is 9.88 Å². The molecule has 42 heavy (non-hydrogen) atoms. The number of hydrogen-bond donors (Lipinski definition) is 2. The van der Waals surface area contributed by atoms with Crippen LogP contribution in [0.25, 0.3) is 11.5 Å². The number of rotatable bonds is 6. The summed E-state index contributed by atoms with van der Waals surface area (Å²) in [6, 6.07) is 15.0. The smallest absolute Gasteiger partial charge is 0.452 e. The summed E-state index contributed by atoms with van der Waals surface area (Å²) in [4.78, 5) is 43.1. The Kier molecular flexibility index (Phi) is 8.12. The van der Waals surface area contributed by atoms with Crippen molar-refractivity contribution in [1.29, 1.82) is 0 Å². The molecule has 0 spiro atoms. The first-order chi connectivity index (χ1) is 19.9. The molecule has 222 valence electrons. The van der Waals surface area contributed by atoms with Crippen LogP contribution in [0, 0.1) is 11.3 Å². The van der Waals surface area contributed by atoms with Crippen LogP contribution in [0.1, 0.15) is 73.2 Å². The minimum Gasteiger partial charge on any atom is -0.481 e. The maximum atomic E-state index is 13.6. The highest BCUT2D eigenvalue weighted by Crippen LogP contribution is 2.40. The van der Waals surface area contributed by atoms with E-state index in [9.17, 15) is 32.7 Å². The van der Waals surface area contributed by atoms with Crippen molar-refractivity contribution in [3.8, 4) is 11.5 Å². The predicted octanol–water partition coefficient (Wildman–Crippen LogP) is 6.60. The Bertz CT molecular complexity index is 1440. The number of carbonyl (C=O) groups excluding carboxylic acids is 2. The van der Waals surface area contributed by atoms with Crippen LogP contribution in [0.2, 0.25) is 0 Å². The van der Waals surface area contributed by atoms with E-state index in [-0.39, 0.29) is 23.6 Å². The molecule has 1 aliphatic heterocycles. The van der Waals surface area contributed by atoms with Crippen molar-refractivity contribution in [2.75, 3.05) is 18.4 Å². The molecule has 1 aromatic heterocycles. The molecule has 2 fully saturated rings. The second-order valence-electron chi connectivity index (χ2n) is 11.4. The monoisotopic (exact) mass is 583 g/mol. The Balaban J connectivity index is 1.18. The molecule has 11 heteroatoms. The van der Waals surface area contributed by atoms with E-state index in [0.29, 0.717) is 50.0 Å². The van der Waals surface area contributed by atoms with Gasteiger partial charge in [0, 0.05) is 30.3 Å².